The number of hydrogen-bond donors (Lipinski definition) is 1. The van der Waals surface area contributed by atoms with Gasteiger partial charge in [0, 0.05) is 24.2 Å². The summed E-state index contributed by atoms with van der Waals surface area (Å²) in [5, 5.41) is 3.34. The average molecular weight is 271 g/mol. The highest BCUT2D eigenvalue weighted by Crippen LogP contribution is 2.15. The first-order valence-corrected chi connectivity index (χ1v) is 6.81. The predicted molar refractivity (Wildman–Crippen MR) is 81.2 cm³/mol. The van der Waals surface area contributed by atoms with E-state index >= 15 is 0 Å². The smallest absolute Gasteiger partial charge is 0.133 e. The van der Waals surface area contributed by atoms with Gasteiger partial charge in [-0.2, -0.15) is 0 Å². The van der Waals surface area contributed by atoms with Crippen LogP contribution < -0.4 is 10.1 Å². The minimum atomic E-state index is 0.330. The molecule has 0 radical (unpaired) electrons. The Kier molecular flexibility index (Phi) is 4.56. The second kappa shape index (κ2) is 6.37. The van der Waals surface area contributed by atoms with Crippen molar-refractivity contribution in [2.75, 3.05) is 12.4 Å². The van der Waals surface area contributed by atoms with E-state index in [4.69, 9.17) is 4.74 Å². The number of aromatic nitrogens is 2. The Morgan fingerprint density at radius 2 is 1.85 bits per heavy atom. The SMILES string of the molecule is COc1ccc(CNc2cc(C)nc(C(C)C)n2)cc1. The van der Waals surface area contributed by atoms with Gasteiger partial charge in [-0.05, 0) is 24.6 Å². The van der Waals surface area contributed by atoms with E-state index < -0.39 is 0 Å². The lowest BCUT2D eigenvalue weighted by Crippen LogP contribution is -2.06. The van der Waals surface area contributed by atoms with Crippen molar-refractivity contribution in [3.8, 4) is 5.75 Å². The Bertz CT molecular complexity index is 564. The molecule has 2 rings (SSSR count). The highest BCUT2D eigenvalue weighted by Gasteiger charge is 2.06. The van der Waals surface area contributed by atoms with Crippen LogP contribution in [0.4, 0.5) is 5.82 Å². The normalized spacial score (nSPS) is 10.7. The van der Waals surface area contributed by atoms with Crippen LogP contribution in [0.5, 0.6) is 5.75 Å². The maximum absolute atomic E-state index is 5.15. The first-order valence-electron chi connectivity index (χ1n) is 6.81. The molecule has 106 valence electrons. The summed E-state index contributed by atoms with van der Waals surface area (Å²) in [6.07, 6.45) is 0. The Morgan fingerprint density at radius 1 is 1.15 bits per heavy atom. The summed E-state index contributed by atoms with van der Waals surface area (Å²) in [4.78, 5) is 8.98. The number of anilines is 1. The zero-order valence-corrected chi connectivity index (χ0v) is 12.5. The number of benzene rings is 1. The van der Waals surface area contributed by atoms with Gasteiger partial charge in [0.25, 0.3) is 0 Å². The zero-order chi connectivity index (χ0) is 14.5. The van der Waals surface area contributed by atoms with Crippen LogP contribution in [-0.4, -0.2) is 17.1 Å². The molecule has 2 aromatic rings. The van der Waals surface area contributed by atoms with E-state index in [-0.39, 0.29) is 0 Å². The van der Waals surface area contributed by atoms with Crippen LogP contribution in [0.25, 0.3) is 0 Å². The molecule has 0 aliphatic rings. The molecule has 0 unspecified atom stereocenters. The van der Waals surface area contributed by atoms with E-state index in [0.29, 0.717) is 5.92 Å². The summed E-state index contributed by atoms with van der Waals surface area (Å²) in [5.74, 6) is 2.95. The molecule has 0 bridgehead atoms. The van der Waals surface area contributed by atoms with Crippen LogP contribution in [-0.2, 0) is 6.54 Å². The monoisotopic (exact) mass is 271 g/mol. The van der Waals surface area contributed by atoms with Gasteiger partial charge in [-0.3, -0.25) is 0 Å². The van der Waals surface area contributed by atoms with Crippen LogP contribution in [0.3, 0.4) is 0 Å². The van der Waals surface area contributed by atoms with Gasteiger partial charge >= 0.3 is 0 Å². The number of rotatable bonds is 5. The molecular weight excluding hydrogens is 250 g/mol. The zero-order valence-electron chi connectivity index (χ0n) is 12.5. The van der Waals surface area contributed by atoms with E-state index in [2.05, 4.69) is 29.1 Å². The van der Waals surface area contributed by atoms with Crippen LogP contribution in [0, 0.1) is 6.92 Å². The summed E-state index contributed by atoms with van der Waals surface area (Å²) < 4.78 is 5.15. The summed E-state index contributed by atoms with van der Waals surface area (Å²) >= 11 is 0. The Hall–Kier alpha value is -2.10. The second-order valence-corrected chi connectivity index (χ2v) is 5.11. The standard InChI is InChI=1S/C16H21N3O/c1-11(2)16-18-12(3)9-15(19-16)17-10-13-5-7-14(20-4)8-6-13/h5-9,11H,10H2,1-4H3,(H,17,18,19). The van der Waals surface area contributed by atoms with Gasteiger partial charge in [0.2, 0.25) is 0 Å². The third kappa shape index (κ3) is 3.70. The molecule has 0 amide bonds. The highest BCUT2D eigenvalue weighted by molar-refractivity contribution is 5.38. The number of methoxy groups -OCH3 is 1. The lowest BCUT2D eigenvalue weighted by atomic mass is 10.2. The molecule has 4 heteroatoms. The quantitative estimate of drug-likeness (QED) is 0.903. The molecule has 0 spiro atoms. The fourth-order valence-corrected chi connectivity index (χ4v) is 1.88. The fraction of sp³-hybridized carbons (Fsp3) is 0.375. The van der Waals surface area contributed by atoms with E-state index in [0.717, 1.165) is 29.6 Å². The van der Waals surface area contributed by atoms with Crippen molar-refractivity contribution in [1.29, 1.82) is 0 Å². The fourth-order valence-electron chi connectivity index (χ4n) is 1.88. The third-order valence-electron chi connectivity index (χ3n) is 3.02. The predicted octanol–water partition coefficient (Wildman–Crippen LogP) is 3.53. The number of aryl methyl sites for hydroxylation is 1. The topological polar surface area (TPSA) is 47.0 Å². The molecule has 20 heavy (non-hydrogen) atoms. The number of nitrogens with one attached hydrogen (secondary N) is 1. The second-order valence-electron chi connectivity index (χ2n) is 5.11. The van der Waals surface area contributed by atoms with Gasteiger partial charge < -0.3 is 10.1 Å². The summed E-state index contributed by atoms with van der Waals surface area (Å²) in [6.45, 7) is 6.92. The molecule has 0 fully saturated rings. The molecular formula is C16H21N3O. The van der Waals surface area contributed by atoms with E-state index in [9.17, 15) is 0 Å². The molecule has 1 aromatic heterocycles. The average Bonchev–Trinajstić information content (AvgIpc) is 2.45. The van der Waals surface area contributed by atoms with Crippen LogP contribution in [0.15, 0.2) is 30.3 Å². The van der Waals surface area contributed by atoms with Crippen LogP contribution in [0.2, 0.25) is 0 Å². The third-order valence-corrected chi connectivity index (χ3v) is 3.02. The highest BCUT2D eigenvalue weighted by atomic mass is 16.5. The van der Waals surface area contributed by atoms with Crippen molar-refractivity contribution in [2.45, 2.75) is 33.2 Å². The van der Waals surface area contributed by atoms with Crippen molar-refractivity contribution in [3.05, 3.63) is 47.4 Å². The van der Waals surface area contributed by atoms with E-state index in [1.165, 1.54) is 5.56 Å². The summed E-state index contributed by atoms with van der Waals surface area (Å²) in [7, 11) is 1.67. The maximum Gasteiger partial charge on any atom is 0.133 e. The van der Waals surface area contributed by atoms with E-state index in [1.54, 1.807) is 7.11 Å². The lowest BCUT2D eigenvalue weighted by molar-refractivity contribution is 0.414. The van der Waals surface area contributed by atoms with Crippen molar-refractivity contribution in [2.24, 2.45) is 0 Å². The molecule has 1 N–H and O–H groups in total. The van der Waals surface area contributed by atoms with Crippen molar-refractivity contribution < 1.29 is 4.74 Å². The lowest BCUT2D eigenvalue weighted by Gasteiger charge is -2.10. The van der Waals surface area contributed by atoms with Gasteiger partial charge in [0.15, 0.2) is 0 Å². The molecule has 0 saturated heterocycles. The van der Waals surface area contributed by atoms with Crippen molar-refractivity contribution >= 4 is 5.82 Å². The molecule has 0 saturated carbocycles. The van der Waals surface area contributed by atoms with Crippen LogP contribution in [0.1, 0.15) is 36.8 Å². The Labute approximate surface area is 120 Å². The summed E-state index contributed by atoms with van der Waals surface area (Å²) in [5.41, 5.74) is 2.18. The number of nitrogens with zero attached hydrogens (tertiary/aromatic N) is 2. The van der Waals surface area contributed by atoms with Crippen LogP contribution >= 0.6 is 0 Å². The van der Waals surface area contributed by atoms with Gasteiger partial charge in [0.1, 0.15) is 17.4 Å². The van der Waals surface area contributed by atoms with E-state index in [1.807, 2.05) is 37.3 Å². The van der Waals surface area contributed by atoms with Crippen molar-refractivity contribution in [1.82, 2.24) is 9.97 Å². The van der Waals surface area contributed by atoms with Gasteiger partial charge in [0.05, 0.1) is 7.11 Å². The molecule has 0 aliphatic carbocycles. The van der Waals surface area contributed by atoms with Crippen molar-refractivity contribution in [3.63, 3.8) is 0 Å². The van der Waals surface area contributed by atoms with Gasteiger partial charge in [-0.25, -0.2) is 9.97 Å². The molecule has 1 aromatic carbocycles. The Morgan fingerprint density at radius 3 is 2.45 bits per heavy atom. The summed E-state index contributed by atoms with van der Waals surface area (Å²) in [6, 6.07) is 9.98. The van der Waals surface area contributed by atoms with Gasteiger partial charge in [-0.1, -0.05) is 26.0 Å². The minimum Gasteiger partial charge on any atom is -0.497 e. The molecule has 1 heterocycles. The maximum atomic E-state index is 5.15. The first kappa shape index (κ1) is 14.3. The first-order chi connectivity index (χ1) is 9.58. The van der Waals surface area contributed by atoms with Gasteiger partial charge in [-0.15, -0.1) is 0 Å². The molecule has 0 atom stereocenters. The minimum absolute atomic E-state index is 0.330. The molecule has 0 aliphatic heterocycles. The Balaban J connectivity index is 2.06. The number of ether oxygens (including phenoxy) is 1. The largest absolute Gasteiger partial charge is 0.497 e. The number of hydrogen-bond acceptors (Lipinski definition) is 4. The molecule has 4 nitrogen and oxygen atoms in total.